The number of tetrazole rings is 1. The van der Waals surface area contributed by atoms with Crippen LogP contribution in [0.3, 0.4) is 0 Å². The first-order chi connectivity index (χ1) is 10.1. The van der Waals surface area contributed by atoms with E-state index < -0.39 is 11.6 Å². The van der Waals surface area contributed by atoms with E-state index in [1.165, 1.54) is 28.9 Å². The minimum atomic E-state index is -0.585. The second-order valence-electron chi connectivity index (χ2n) is 4.25. The standard InChI is InChI=1S/C13H8ClF2N5/c14-10-4-1-7(15)5-12(10)21-13(18-19-20-21)9-3-2-8(17)6-11(9)16/h1-6H,17H2. The lowest BCUT2D eigenvalue weighted by Crippen LogP contribution is -2.02. The normalized spacial score (nSPS) is 10.8. The number of aromatic nitrogens is 4. The maximum atomic E-state index is 14.0. The highest BCUT2D eigenvalue weighted by Crippen LogP contribution is 2.27. The molecule has 0 unspecified atom stereocenters. The number of nitrogens with zero attached hydrogens (tertiary/aromatic N) is 4. The Morgan fingerprint density at radius 1 is 1.10 bits per heavy atom. The zero-order valence-corrected chi connectivity index (χ0v) is 11.2. The number of benzene rings is 2. The number of anilines is 1. The molecule has 0 saturated carbocycles. The number of hydrogen-bond acceptors (Lipinski definition) is 4. The zero-order chi connectivity index (χ0) is 15.0. The molecule has 0 aliphatic rings. The molecular formula is C13H8ClF2N5. The van der Waals surface area contributed by atoms with Crippen LogP contribution in [0.5, 0.6) is 0 Å². The summed E-state index contributed by atoms with van der Waals surface area (Å²) in [5.74, 6) is -0.993. The van der Waals surface area contributed by atoms with Gasteiger partial charge in [-0.1, -0.05) is 11.6 Å². The molecule has 2 aromatic carbocycles. The van der Waals surface area contributed by atoms with Crippen molar-refractivity contribution in [2.45, 2.75) is 0 Å². The van der Waals surface area contributed by atoms with Gasteiger partial charge in [0, 0.05) is 11.8 Å². The van der Waals surface area contributed by atoms with Crippen LogP contribution < -0.4 is 5.73 Å². The molecule has 3 aromatic rings. The van der Waals surface area contributed by atoms with Crippen LogP contribution in [0.15, 0.2) is 36.4 Å². The summed E-state index contributed by atoms with van der Waals surface area (Å²) in [6.45, 7) is 0. The fourth-order valence-corrected chi connectivity index (χ4v) is 2.08. The zero-order valence-electron chi connectivity index (χ0n) is 10.5. The Balaban J connectivity index is 2.19. The van der Waals surface area contributed by atoms with Gasteiger partial charge in [0.05, 0.1) is 16.3 Å². The Bertz CT molecular complexity index is 818. The fraction of sp³-hybridized carbons (Fsp3) is 0. The molecule has 0 spiro atoms. The summed E-state index contributed by atoms with van der Waals surface area (Å²) in [4.78, 5) is 0. The van der Waals surface area contributed by atoms with Crippen molar-refractivity contribution < 1.29 is 8.78 Å². The predicted molar refractivity (Wildman–Crippen MR) is 73.9 cm³/mol. The van der Waals surface area contributed by atoms with Crippen LogP contribution in [0.1, 0.15) is 0 Å². The van der Waals surface area contributed by atoms with Gasteiger partial charge in [-0.2, -0.15) is 4.68 Å². The van der Waals surface area contributed by atoms with Gasteiger partial charge in [0.1, 0.15) is 11.6 Å². The minimum absolute atomic E-state index is 0.0972. The molecule has 0 radical (unpaired) electrons. The van der Waals surface area contributed by atoms with Gasteiger partial charge in [-0.3, -0.25) is 0 Å². The Hall–Kier alpha value is -2.54. The van der Waals surface area contributed by atoms with Gasteiger partial charge in [-0.05, 0) is 40.8 Å². The lowest BCUT2D eigenvalue weighted by atomic mass is 10.1. The van der Waals surface area contributed by atoms with Gasteiger partial charge in [-0.25, -0.2) is 8.78 Å². The van der Waals surface area contributed by atoms with E-state index in [-0.39, 0.29) is 27.8 Å². The minimum Gasteiger partial charge on any atom is -0.399 e. The molecule has 3 rings (SSSR count). The number of rotatable bonds is 2. The first-order valence-electron chi connectivity index (χ1n) is 5.85. The molecule has 8 heteroatoms. The second-order valence-corrected chi connectivity index (χ2v) is 4.66. The average Bonchev–Trinajstić information content (AvgIpc) is 2.90. The number of hydrogen-bond donors (Lipinski definition) is 1. The van der Waals surface area contributed by atoms with E-state index >= 15 is 0 Å². The molecule has 1 aromatic heterocycles. The van der Waals surface area contributed by atoms with Crippen LogP contribution in [0.25, 0.3) is 17.1 Å². The summed E-state index contributed by atoms with van der Waals surface area (Å²) < 4.78 is 28.5. The molecule has 0 aliphatic carbocycles. The van der Waals surface area contributed by atoms with Crippen molar-refractivity contribution in [2.24, 2.45) is 0 Å². The lowest BCUT2D eigenvalue weighted by molar-refractivity contribution is 0.624. The summed E-state index contributed by atoms with van der Waals surface area (Å²) in [6, 6.07) is 7.86. The van der Waals surface area contributed by atoms with Crippen molar-refractivity contribution in [3.05, 3.63) is 53.1 Å². The highest BCUT2D eigenvalue weighted by atomic mass is 35.5. The van der Waals surface area contributed by atoms with E-state index in [0.29, 0.717) is 0 Å². The third kappa shape index (κ3) is 2.43. The van der Waals surface area contributed by atoms with E-state index in [9.17, 15) is 8.78 Å². The molecule has 21 heavy (non-hydrogen) atoms. The van der Waals surface area contributed by atoms with Gasteiger partial charge in [0.25, 0.3) is 0 Å². The van der Waals surface area contributed by atoms with E-state index in [2.05, 4.69) is 15.5 Å². The molecule has 0 amide bonds. The van der Waals surface area contributed by atoms with Crippen LogP contribution in [0, 0.1) is 11.6 Å². The first kappa shape index (κ1) is 13.4. The Kier molecular flexibility index (Phi) is 3.26. The topological polar surface area (TPSA) is 69.6 Å². The van der Waals surface area contributed by atoms with Crippen molar-refractivity contribution in [1.29, 1.82) is 0 Å². The molecule has 0 saturated heterocycles. The summed E-state index contributed by atoms with van der Waals surface area (Å²) in [6.07, 6.45) is 0. The van der Waals surface area contributed by atoms with Gasteiger partial charge in [-0.15, -0.1) is 5.10 Å². The van der Waals surface area contributed by atoms with Crippen LogP contribution in [-0.2, 0) is 0 Å². The maximum absolute atomic E-state index is 14.0. The number of halogens is 3. The van der Waals surface area contributed by atoms with Crippen molar-refractivity contribution in [1.82, 2.24) is 20.2 Å². The Labute approximate surface area is 123 Å². The van der Waals surface area contributed by atoms with Gasteiger partial charge >= 0.3 is 0 Å². The van der Waals surface area contributed by atoms with E-state index in [1.54, 1.807) is 0 Å². The largest absolute Gasteiger partial charge is 0.399 e. The summed E-state index contributed by atoms with van der Waals surface area (Å²) in [5.41, 5.74) is 6.13. The van der Waals surface area contributed by atoms with Crippen LogP contribution in [-0.4, -0.2) is 20.2 Å². The van der Waals surface area contributed by atoms with Crippen LogP contribution in [0.4, 0.5) is 14.5 Å². The van der Waals surface area contributed by atoms with E-state index in [4.69, 9.17) is 17.3 Å². The van der Waals surface area contributed by atoms with Gasteiger partial charge in [0.2, 0.25) is 0 Å². The number of nitrogen functional groups attached to an aromatic ring is 1. The smallest absolute Gasteiger partial charge is 0.190 e. The molecular weight excluding hydrogens is 300 g/mol. The van der Waals surface area contributed by atoms with Crippen LogP contribution >= 0.6 is 11.6 Å². The molecule has 0 fully saturated rings. The first-order valence-corrected chi connectivity index (χ1v) is 6.23. The highest BCUT2D eigenvalue weighted by molar-refractivity contribution is 6.32. The lowest BCUT2D eigenvalue weighted by Gasteiger charge is -2.07. The average molecular weight is 308 g/mol. The molecule has 106 valence electrons. The Morgan fingerprint density at radius 2 is 1.90 bits per heavy atom. The molecule has 0 atom stereocenters. The van der Waals surface area contributed by atoms with Crippen molar-refractivity contribution >= 4 is 17.3 Å². The monoisotopic (exact) mass is 307 g/mol. The van der Waals surface area contributed by atoms with Gasteiger partial charge < -0.3 is 5.73 Å². The van der Waals surface area contributed by atoms with Crippen molar-refractivity contribution in [2.75, 3.05) is 5.73 Å². The number of nitrogens with two attached hydrogens (primary N) is 1. The predicted octanol–water partition coefficient (Wildman–Crippen LogP) is 2.84. The van der Waals surface area contributed by atoms with Crippen molar-refractivity contribution in [3.63, 3.8) is 0 Å². The highest BCUT2D eigenvalue weighted by Gasteiger charge is 2.17. The van der Waals surface area contributed by atoms with Crippen LogP contribution in [0.2, 0.25) is 5.02 Å². The SMILES string of the molecule is Nc1ccc(-c2nnnn2-c2cc(F)ccc2Cl)c(F)c1. The third-order valence-corrected chi connectivity index (χ3v) is 3.16. The quantitative estimate of drug-likeness (QED) is 0.739. The van der Waals surface area contributed by atoms with E-state index in [1.807, 2.05) is 0 Å². The summed E-state index contributed by atoms with van der Waals surface area (Å²) in [5, 5.41) is 11.2. The molecule has 5 nitrogen and oxygen atoms in total. The Morgan fingerprint density at radius 3 is 2.67 bits per heavy atom. The third-order valence-electron chi connectivity index (χ3n) is 2.84. The van der Waals surface area contributed by atoms with Gasteiger partial charge in [0.15, 0.2) is 5.82 Å². The fourth-order valence-electron chi connectivity index (χ4n) is 1.88. The second kappa shape index (κ2) is 5.10. The maximum Gasteiger partial charge on any atom is 0.190 e. The summed E-state index contributed by atoms with van der Waals surface area (Å²) >= 11 is 6.02. The molecule has 1 heterocycles. The summed E-state index contributed by atoms with van der Waals surface area (Å²) in [7, 11) is 0. The molecule has 0 aliphatic heterocycles. The van der Waals surface area contributed by atoms with E-state index in [0.717, 1.165) is 12.1 Å². The van der Waals surface area contributed by atoms with Crippen molar-refractivity contribution in [3.8, 4) is 17.1 Å². The molecule has 2 N–H and O–H groups in total. The molecule has 0 bridgehead atoms.